The van der Waals surface area contributed by atoms with Crippen molar-refractivity contribution in [3.63, 3.8) is 0 Å². The highest BCUT2D eigenvalue weighted by molar-refractivity contribution is 6.10. The summed E-state index contributed by atoms with van der Waals surface area (Å²) in [7, 11) is 3.12. The predicted molar refractivity (Wildman–Crippen MR) is 98.7 cm³/mol. The Morgan fingerprint density at radius 3 is 2.67 bits per heavy atom. The molecule has 0 unspecified atom stereocenters. The zero-order valence-electron chi connectivity index (χ0n) is 15.6. The monoisotopic (exact) mass is 370 g/mol. The summed E-state index contributed by atoms with van der Waals surface area (Å²) >= 11 is 0. The average Bonchev–Trinajstić information content (AvgIpc) is 3.21. The Morgan fingerprint density at radius 1 is 1.22 bits per heavy atom. The van der Waals surface area contributed by atoms with E-state index >= 15 is 0 Å². The summed E-state index contributed by atoms with van der Waals surface area (Å²) in [6, 6.07) is 8.90. The minimum absolute atomic E-state index is 0.208. The normalized spacial score (nSPS) is 19.4. The summed E-state index contributed by atoms with van der Waals surface area (Å²) in [5.41, 5.74) is 1.46. The van der Waals surface area contributed by atoms with Crippen molar-refractivity contribution >= 4 is 17.3 Å². The molecule has 6 heteroatoms. The van der Waals surface area contributed by atoms with Crippen molar-refractivity contribution in [2.75, 3.05) is 20.8 Å². The van der Waals surface area contributed by atoms with Crippen LogP contribution >= 0.6 is 0 Å². The number of methoxy groups -OCH3 is 2. The Kier molecular flexibility index (Phi) is 5.64. The van der Waals surface area contributed by atoms with E-state index in [1.807, 2.05) is 0 Å². The van der Waals surface area contributed by atoms with Crippen molar-refractivity contribution in [3.05, 3.63) is 54.0 Å². The van der Waals surface area contributed by atoms with Crippen LogP contribution in [0.25, 0.3) is 5.57 Å². The number of ketones is 1. The Hall–Kier alpha value is -3.02. The van der Waals surface area contributed by atoms with E-state index in [0.29, 0.717) is 23.7 Å². The molecule has 2 aromatic rings. The van der Waals surface area contributed by atoms with Crippen LogP contribution in [0.4, 0.5) is 0 Å². The Morgan fingerprint density at radius 2 is 2.04 bits per heavy atom. The van der Waals surface area contributed by atoms with Crippen LogP contribution < -0.4 is 9.47 Å². The van der Waals surface area contributed by atoms with Gasteiger partial charge in [0.25, 0.3) is 0 Å². The minimum Gasteiger partial charge on any atom is -0.497 e. The zero-order valence-corrected chi connectivity index (χ0v) is 15.6. The van der Waals surface area contributed by atoms with Gasteiger partial charge in [-0.05, 0) is 55.3 Å². The highest BCUT2D eigenvalue weighted by Gasteiger charge is 2.41. The summed E-state index contributed by atoms with van der Waals surface area (Å²) in [6.45, 7) is 1.93. The Balaban J connectivity index is 2.10. The lowest BCUT2D eigenvalue weighted by molar-refractivity contribution is -0.151. The topological polar surface area (TPSA) is 75.0 Å². The van der Waals surface area contributed by atoms with Gasteiger partial charge < -0.3 is 18.6 Å². The molecule has 0 N–H and O–H groups in total. The summed E-state index contributed by atoms with van der Waals surface area (Å²) in [5.74, 6) is -0.416. The first-order valence-electron chi connectivity index (χ1n) is 8.75. The fraction of sp³-hybridized carbons (Fsp3) is 0.333. The molecule has 1 heterocycles. The van der Waals surface area contributed by atoms with Gasteiger partial charge >= 0.3 is 5.97 Å². The number of hydrogen-bond donors (Lipinski definition) is 0. The van der Waals surface area contributed by atoms with E-state index in [-0.39, 0.29) is 12.4 Å². The van der Waals surface area contributed by atoms with E-state index in [2.05, 4.69) is 0 Å². The maximum atomic E-state index is 12.9. The van der Waals surface area contributed by atoms with E-state index in [1.165, 1.54) is 6.08 Å². The van der Waals surface area contributed by atoms with Gasteiger partial charge in [0.05, 0.1) is 27.1 Å². The molecular weight excluding hydrogens is 348 g/mol. The molecule has 0 radical (unpaired) electrons. The standard InChI is InChI=1S/C21H22O6/c1-4-26-21(23)20-16(15-12-14(24-2)7-8-19(15)25-3)10-13(11-17(20)22)18-6-5-9-27-18/h5-9,11-12,16,20H,4,10H2,1-3H3/t16-,20-/m0/s1. The predicted octanol–water partition coefficient (Wildman–Crippen LogP) is 3.62. The number of ether oxygens (including phenoxy) is 3. The van der Waals surface area contributed by atoms with Crippen LogP contribution in [0, 0.1) is 5.92 Å². The second kappa shape index (κ2) is 8.12. The number of benzene rings is 1. The molecular formula is C21H22O6. The molecule has 1 aliphatic rings. The second-order valence-electron chi connectivity index (χ2n) is 6.20. The summed E-state index contributed by atoms with van der Waals surface area (Å²) < 4.78 is 21.4. The van der Waals surface area contributed by atoms with Gasteiger partial charge in [0.1, 0.15) is 23.2 Å². The van der Waals surface area contributed by atoms with Crippen molar-refractivity contribution in [2.45, 2.75) is 19.3 Å². The van der Waals surface area contributed by atoms with E-state index in [0.717, 1.165) is 11.1 Å². The number of furan rings is 1. The molecule has 6 nitrogen and oxygen atoms in total. The first kappa shape index (κ1) is 18.8. The molecule has 2 atom stereocenters. The van der Waals surface area contributed by atoms with Gasteiger partial charge in [-0.15, -0.1) is 0 Å². The van der Waals surface area contributed by atoms with Crippen molar-refractivity contribution in [3.8, 4) is 11.5 Å². The molecule has 0 aliphatic heterocycles. The van der Waals surface area contributed by atoms with E-state index in [9.17, 15) is 9.59 Å². The fourth-order valence-electron chi connectivity index (χ4n) is 3.44. The average molecular weight is 370 g/mol. The molecule has 3 rings (SSSR count). The Labute approximate surface area is 157 Å². The van der Waals surface area contributed by atoms with E-state index < -0.39 is 17.8 Å². The van der Waals surface area contributed by atoms with Gasteiger partial charge in [0.15, 0.2) is 5.78 Å². The van der Waals surface area contributed by atoms with Crippen molar-refractivity contribution in [1.29, 1.82) is 0 Å². The zero-order chi connectivity index (χ0) is 19.4. The third-order valence-electron chi connectivity index (χ3n) is 4.68. The van der Waals surface area contributed by atoms with Crippen LogP contribution in [0.1, 0.15) is 30.6 Å². The van der Waals surface area contributed by atoms with Crippen LogP contribution in [0.3, 0.4) is 0 Å². The van der Waals surface area contributed by atoms with Crippen molar-refractivity contribution in [2.24, 2.45) is 5.92 Å². The molecule has 142 valence electrons. The molecule has 0 fully saturated rings. The highest BCUT2D eigenvalue weighted by atomic mass is 16.5. The largest absolute Gasteiger partial charge is 0.497 e. The molecule has 1 aromatic carbocycles. The summed E-state index contributed by atoms with van der Waals surface area (Å²) in [4.78, 5) is 25.4. The van der Waals surface area contributed by atoms with Crippen LogP contribution in [0.5, 0.6) is 11.5 Å². The third-order valence-corrected chi connectivity index (χ3v) is 4.68. The smallest absolute Gasteiger partial charge is 0.317 e. The van der Waals surface area contributed by atoms with Crippen LogP contribution in [0.15, 0.2) is 47.1 Å². The van der Waals surface area contributed by atoms with Gasteiger partial charge in [-0.3, -0.25) is 9.59 Å². The molecule has 0 amide bonds. The van der Waals surface area contributed by atoms with Gasteiger partial charge in [0.2, 0.25) is 0 Å². The lowest BCUT2D eigenvalue weighted by Gasteiger charge is -2.30. The first-order chi connectivity index (χ1) is 13.1. The van der Waals surface area contributed by atoms with Crippen LogP contribution in [-0.4, -0.2) is 32.6 Å². The molecule has 1 aliphatic carbocycles. The summed E-state index contributed by atoms with van der Waals surface area (Å²) in [5, 5.41) is 0. The lowest BCUT2D eigenvalue weighted by Crippen LogP contribution is -2.34. The SMILES string of the molecule is CCOC(=O)[C@@H]1C(=O)C=C(c2ccco2)C[C@H]1c1cc(OC)ccc1OC. The number of allylic oxidation sites excluding steroid dienone is 2. The second-order valence-corrected chi connectivity index (χ2v) is 6.20. The van der Waals surface area contributed by atoms with Crippen LogP contribution in [0.2, 0.25) is 0 Å². The highest BCUT2D eigenvalue weighted by Crippen LogP contribution is 2.44. The Bertz CT molecular complexity index is 850. The van der Waals surface area contributed by atoms with Crippen LogP contribution in [-0.2, 0) is 14.3 Å². The number of hydrogen-bond acceptors (Lipinski definition) is 6. The van der Waals surface area contributed by atoms with Gasteiger partial charge in [0, 0.05) is 11.5 Å². The van der Waals surface area contributed by atoms with E-state index in [4.69, 9.17) is 18.6 Å². The van der Waals surface area contributed by atoms with Crippen molar-refractivity contribution in [1.82, 2.24) is 0 Å². The number of esters is 1. The molecule has 27 heavy (non-hydrogen) atoms. The molecule has 0 saturated heterocycles. The molecule has 0 spiro atoms. The first-order valence-corrected chi connectivity index (χ1v) is 8.75. The number of carbonyl (C=O) groups excluding carboxylic acids is 2. The molecule has 0 saturated carbocycles. The van der Waals surface area contributed by atoms with Gasteiger partial charge in [-0.25, -0.2) is 0 Å². The fourth-order valence-corrected chi connectivity index (χ4v) is 3.44. The quantitative estimate of drug-likeness (QED) is 0.571. The number of rotatable bonds is 6. The molecule has 1 aromatic heterocycles. The third kappa shape index (κ3) is 3.74. The maximum absolute atomic E-state index is 12.9. The van der Waals surface area contributed by atoms with E-state index in [1.54, 1.807) is 57.7 Å². The van der Waals surface area contributed by atoms with Gasteiger partial charge in [-0.1, -0.05) is 0 Å². The molecule has 0 bridgehead atoms. The maximum Gasteiger partial charge on any atom is 0.317 e. The van der Waals surface area contributed by atoms with Gasteiger partial charge in [-0.2, -0.15) is 0 Å². The van der Waals surface area contributed by atoms with Crippen molar-refractivity contribution < 1.29 is 28.2 Å². The lowest BCUT2D eigenvalue weighted by atomic mass is 9.74. The minimum atomic E-state index is -0.940. The summed E-state index contributed by atoms with van der Waals surface area (Å²) in [6.07, 6.45) is 3.47. The number of carbonyl (C=O) groups is 2.